The predicted molar refractivity (Wildman–Crippen MR) is 115 cm³/mol. The van der Waals surface area contributed by atoms with Crippen molar-refractivity contribution < 1.29 is 4.79 Å². The van der Waals surface area contributed by atoms with Gasteiger partial charge in [0.05, 0.1) is 10.2 Å². The van der Waals surface area contributed by atoms with Gasteiger partial charge in [0.1, 0.15) is 0 Å². The van der Waals surface area contributed by atoms with Crippen LogP contribution < -0.4 is 5.32 Å². The van der Waals surface area contributed by atoms with Gasteiger partial charge in [0.2, 0.25) is 0 Å². The third-order valence-electron chi connectivity index (χ3n) is 3.97. The zero-order valence-corrected chi connectivity index (χ0v) is 16.6. The molecular weight excluding hydrogens is 396 g/mol. The third-order valence-corrected chi connectivity index (χ3v) is 6.55. The number of thioether (sulfide) groups is 1. The van der Waals surface area contributed by atoms with E-state index in [1.807, 2.05) is 60.7 Å². The number of aromatic nitrogens is 1. The second-order valence-corrected chi connectivity index (χ2v) is 8.52. The van der Waals surface area contributed by atoms with Crippen LogP contribution in [-0.4, -0.2) is 10.9 Å². The fraction of sp³-hybridized carbons (Fsp3) is 0.0476. The number of nitrogens with one attached hydrogen (secondary N) is 1. The summed E-state index contributed by atoms with van der Waals surface area (Å²) in [5.41, 5.74) is 3.43. The highest BCUT2D eigenvalue weighted by Gasteiger charge is 2.09. The van der Waals surface area contributed by atoms with Crippen LogP contribution in [0, 0.1) is 0 Å². The summed E-state index contributed by atoms with van der Waals surface area (Å²) in [6.45, 7) is 0. The number of fused-ring (bicyclic) bond motifs is 1. The molecule has 0 fully saturated rings. The Morgan fingerprint density at radius 3 is 2.63 bits per heavy atom. The fourth-order valence-electron chi connectivity index (χ4n) is 2.59. The monoisotopic (exact) mass is 410 g/mol. The molecule has 0 aliphatic carbocycles. The number of anilines is 1. The molecule has 134 valence electrons. The lowest BCUT2D eigenvalue weighted by molar-refractivity contribution is 0.102. The molecule has 0 atom stereocenters. The quantitative estimate of drug-likeness (QED) is 0.382. The van der Waals surface area contributed by atoms with Gasteiger partial charge in [-0.3, -0.25) is 4.79 Å². The molecular formula is C21H15ClN2OS2. The normalized spacial score (nSPS) is 10.9. The van der Waals surface area contributed by atoms with Gasteiger partial charge < -0.3 is 5.32 Å². The van der Waals surface area contributed by atoms with Crippen LogP contribution in [0.15, 0.2) is 77.1 Å². The van der Waals surface area contributed by atoms with Crippen LogP contribution in [-0.2, 0) is 5.75 Å². The van der Waals surface area contributed by atoms with E-state index in [4.69, 9.17) is 11.6 Å². The molecule has 0 aliphatic heterocycles. The highest BCUT2D eigenvalue weighted by molar-refractivity contribution is 8.00. The first kappa shape index (κ1) is 18.0. The molecule has 0 spiro atoms. The highest BCUT2D eigenvalue weighted by atomic mass is 35.5. The van der Waals surface area contributed by atoms with E-state index in [9.17, 15) is 4.79 Å². The molecule has 4 rings (SSSR count). The summed E-state index contributed by atoms with van der Waals surface area (Å²) >= 11 is 9.50. The Bertz CT molecular complexity index is 1100. The van der Waals surface area contributed by atoms with Crippen LogP contribution >= 0.6 is 34.7 Å². The van der Waals surface area contributed by atoms with E-state index in [1.54, 1.807) is 35.2 Å². The summed E-state index contributed by atoms with van der Waals surface area (Å²) in [5.74, 6) is 0.657. The smallest absolute Gasteiger partial charge is 0.255 e. The van der Waals surface area contributed by atoms with Gasteiger partial charge in [-0.2, -0.15) is 0 Å². The van der Waals surface area contributed by atoms with E-state index in [1.165, 1.54) is 0 Å². The SMILES string of the molecule is O=C(Nc1ccc2nc(SCc3ccccc3Cl)sc2c1)c1ccccc1. The second-order valence-electron chi connectivity index (χ2n) is 5.86. The minimum atomic E-state index is -0.118. The van der Waals surface area contributed by atoms with Gasteiger partial charge >= 0.3 is 0 Å². The van der Waals surface area contributed by atoms with Crippen molar-refractivity contribution in [2.45, 2.75) is 10.1 Å². The summed E-state index contributed by atoms with van der Waals surface area (Å²) in [5, 5.41) is 3.72. The van der Waals surface area contributed by atoms with Crippen LogP contribution in [0.5, 0.6) is 0 Å². The van der Waals surface area contributed by atoms with Crippen molar-refractivity contribution in [3.8, 4) is 0 Å². The lowest BCUT2D eigenvalue weighted by Gasteiger charge is -2.04. The average Bonchev–Trinajstić information content (AvgIpc) is 3.10. The van der Waals surface area contributed by atoms with Crippen molar-refractivity contribution in [2.24, 2.45) is 0 Å². The molecule has 0 bridgehead atoms. The second kappa shape index (κ2) is 8.13. The lowest BCUT2D eigenvalue weighted by Crippen LogP contribution is -2.11. The molecule has 0 aliphatic rings. The molecule has 0 unspecified atom stereocenters. The van der Waals surface area contributed by atoms with Crippen molar-refractivity contribution in [1.82, 2.24) is 4.98 Å². The maximum absolute atomic E-state index is 12.3. The van der Waals surface area contributed by atoms with Gasteiger partial charge in [0.25, 0.3) is 5.91 Å². The topological polar surface area (TPSA) is 42.0 Å². The number of rotatable bonds is 5. The number of benzene rings is 3. The number of hydrogen-bond donors (Lipinski definition) is 1. The van der Waals surface area contributed by atoms with Crippen LogP contribution in [0.25, 0.3) is 10.2 Å². The van der Waals surface area contributed by atoms with Crippen molar-refractivity contribution in [3.63, 3.8) is 0 Å². The first-order valence-corrected chi connectivity index (χ1v) is 10.5. The Kier molecular flexibility index (Phi) is 5.43. The van der Waals surface area contributed by atoms with E-state index >= 15 is 0 Å². The molecule has 3 aromatic carbocycles. The van der Waals surface area contributed by atoms with E-state index in [0.717, 1.165) is 36.6 Å². The number of nitrogens with zero attached hydrogens (tertiary/aromatic N) is 1. The van der Waals surface area contributed by atoms with Crippen LogP contribution in [0.3, 0.4) is 0 Å². The number of hydrogen-bond acceptors (Lipinski definition) is 4. The van der Waals surface area contributed by atoms with Crippen molar-refractivity contribution in [1.29, 1.82) is 0 Å². The number of carbonyl (C=O) groups excluding carboxylic acids is 1. The summed E-state index contributed by atoms with van der Waals surface area (Å²) in [6, 6.07) is 22.8. The molecule has 0 radical (unpaired) electrons. The molecule has 0 saturated heterocycles. The van der Waals surface area contributed by atoms with Gasteiger partial charge in [0.15, 0.2) is 4.34 Å². The van der Waals surface area contributed by atoms with E-state index in [2.05, 4.69) is 10.3 Å². The van der Waals surface area contributed by atoms with Gasteiger partial charge in [-0.1, -0.05) is 59.8 Å². The standard InChI is InChI=1S/C21H15ClN2OS2/c22-17-9-5-4-8-15(17)13-26-21-24-18-11-10-16(12-19(18)27-21)23-20(25)14-6-2-1-3-7-14/h1-12H,13H2,(H,23,25). The minimum absolute atomic E-state index is 0.118. The molecule has 1 amide bonds. The largest absolute Gasteiger partial charge is 0.322 e. The third kappa shape index (κ3) is 4.33. The Morgan fingerprint density at radius 2 is 1.81 bits per heavy atom. The van der Waals surface area contributed by atoms with E-state index < -0.39 is 0 Å². The number of amides is 1. The molecule has 27 heavy (non-hydrogen) atoms. The fourth-order valence-corrected chi connectivity index (χ4v) is 4.98. The Hall–Kier alpha value is -2.34. The molecule has 3 nitrogen and oxygen atoms in total. The van der Waals surface area contributed by atoms with Gasteiger partial charge in [-0.25, -0.2) is 4.98 Å². The summed E-state index contributed by atoms with van der Waals surface area (Å²) in [6.07, 6.45) is 0. The van der Waals surface area contributed by atoms with Gasteiger partial charge in [0, 0.05) is 22.0 Å². The van der Waals surface area contributed by atoms with E-state index in [0.29, 0.717) is 5.56 Å². The van der Waals surface area contributed by atoms with Crippen LogP contribution in [0.1, 0.15) is 15.9 Å². The van der Waals surface area contributed by atoms with Crippen molar-refractivity contribution in [2.75, 3.05) is 5.32 Å². The highest BCUT2D eigenvalue weighted by Crippen LogP contribution is 2.34. The maximum Gasteiger partial charge on any atom is 0.255 e. The first-order valence-electron chi connectivity index (χ1n) is 8.32. The molecule has 1 aromatic heterocycles. The lowest BCUT2D eigenvalue weighted by atomic mass is 10.2. The van der Waals surface area contributed by atoms with Gasteiger partial charge in [-0.15, -0.1) is 11.3 Å². The van der Waals surface area contributed by atoms with Crippen LogP contribution in [0.4, 0.5) is 5.69 Å². The van der Waals surface area contributed by atoms with E-state index in [-0.39, 0.29) is 5.91 Å². The average molecular weight is 411 g/mol. The number of thiazole rings is 1. The Balaban J connectivity index is 1.48. The predicted octanol–water partition coefficient (Wildman–Crippen LogP) is 6.49. The van der Waals surface area contributed by atoms with Gasteiger partial charge in [-0.05, 0) is 42.0 Å². The molecule has 1 N–H and O–H groups in total. The summed E-state index contributed by atoms with van der Waals surface area (Å²) in [4.78, 5) is 17.0. The number of halogens is 1. The van der Waals surface area contributed by atoms with Crippen molar-refractivity contribution in [3.05, 3.63) is 88.9 Å². The van der Waals surface area contributed by atoms with Crippen molar-refractivity contribution >= 4 is 56.5 Å². The molecule has 4 aromatic rings. The number of carbonyl (C=O) groups is 1. The Labute approximate surface area is 170 Å². The molecule has 1 heterocycles. The summed E-state index contributed by atoms with van der Waals surface area (Å²) < 4.78 is 2.03. The zero-order valence-electron chi connectivity index (χ0n) is 14.2. The minimum Gasteiger partial charge on any atom is -0.322 e. The molecule has 0 saturated carbocycles. The maximum atomic E-state index is 12.3. The molecule has 6 heteroatoms. The van der Waals surface area contributed by atoms with Crippen LogP contribution in [0.2, 0.25) is 5.02 Å². The Morgan fingerprint density at radius 1 is 1.04 bits per heavy atom. The summed E-state index contributed by atoms with van der Waals surface area (Å²) in [7, 11) is 0. The zero-order chi connectivity index (χ0) is 18.6. The first-order chi connectivity index (χ1) is 13.2.